The van der Waals surface area contributed by atoms with Crippen molar-refractivity contribution >= 4 is 0 Å². The molecule has 1 aromatic carbocycles. The van der Waals surface area contributed by atoms with Gasteiger partial charge in [0.25, 0.3) is 0 Å². The molecule has 5 rings (SSSR count). The van der Waals surface area contributed by atoms with Crippen LogP contribution in [0, 0.1) is 16.7 Å². The van der Waals surface area contributed by atoms with E-state index in [-0.39, 0.29) is 23.0 Å². The first-order chi connectivity index (χ1) is 15.2. The molecule has 0 saturated heterocycles. The average molecular weight is 431 g/mol. The molecule has 2 atom stereocenters. The third kappa shape index (κ3) is 3.38. The molecule has 32 heavy (non-hydrogen) atoms. The fourth-order valence-electron chi connectivity index (χ4n) is 6.32. The quantitative estimate of drug-likeness (QED) is 0.633. The number of aliphatic hydroxyl groups is 1. The van der Waals surface area contributed by atoms with Crippen LogP contribution in [0.15, 0.2) is 24.3 Å². The number of ether oxygens (including phenoxy) is 1. The van der Waals surface area contributed by atoms with Gasteiger partial charge < -0.3 is 9.84 Å². The molecule has 168 valence electrons. The normalized spacial score (nSPS) is 25.0. The van der Waals surface area contributed by atoms with Gasteiger partial charge >= 0.3 is 0 Å². The summed E-state index contributed by atoms with van der Waals surface area (Å²) in [6.07, 6.45) is 5.74. The molecule has 0 amide bonds. The minimum absolute atomic E-state index is 0.0418. The number of aliphatic hydroxyl groups excluding tert-OH is 1. The number of aromatic nitrogens is 1. The lowest BCUT2D eigenvalue weighted by molar-refractivity contribution is -0.0580. The van der Waals surface area contributed by atoms with Crippen LogP contribution in [0.2, 0.25) is 0 Å². The maximum absolute atomic E-state index is 11.4. The summed E-state index contributed by atoms with van der Waals surface area (Å²) in [6, 6.07) is 10.5. The van der Waals surface area contributed by atoms with E-state index in [4.69, 9.17) is 15.0 Å². The molecule has 0 bridgehead atoms. The summed E-state index contributed by atoms with van der Waals surface area (Å²) >= 11 is 0. The molecule has 1 spiro atoms. The predicted molar refractivity (Wildman–Crippen MR) is 124 cm³/mol. The topological polar surface area (TPSA) is 66.1 Å². The van der Waals surface area contributed by atoms with E-state index in [0.717, 1.165) is 66.6 Å². The summed E-state index contributed by atoms with van der Waals surface area (Å²) in [5.74, 6) is 0.275. The third-order valence-corrected chi connectivity index (χ3v) is 7.69. The van der Waals surface area contributed by atoms with Crippen molar-refractivity contribution in [3.8, 4) is 6.07 Å². The SMILES string of the molecule is CC(C)c1nc2c(c3c1C(c1ccc(CC#N)cc1)OC31CCCC1)C(O)CC(C)(C)C2. The van der Waals surface area contributed by atoms with Gasteiger partial charge in [0, 0.05) is 22.5 Å². The number of hydrogen-bond acceptors (Lipinski definition) is 4. The van der Waals surface area contributed by atoms with Crippen molar-refractivity contribution in [3.05, 3.63) is 63.5 Å². The fraction of sp³-hybridized carbons (Fsp3) is 0.571. The molecule has 1 N–H and O–H groups in total. The highest BCUT2D eigenvalue weighted by molar-refractivity contribution is 5.54. The minimum Gasteiger partial charge on any atom is -0.388 e. The summed E-state index contributed by atoms with van der Waals surface area (Å²) < 4.78 is 7.01. The van der Waals surface area contributed by atoms with Crippen LogP contribution in [0.4, 0.5) is 0 Å². The molecule has 1 aromatic heterocycles. The van der Waals surface area contributed by atoms with Crippen molar-refractivity contribution in [1.29, 1.82) is 5.26 Å². The molecule has 0 radical (unpaired) electrons. The van der Waals surface area contributed by atoms with Crippen LogP contribution in [0.25, 0.3) is 0 Å². The molecule has 4 nitrogen and oxygen atoms in total. The van der Waals surface area contributed by atoms with Crippen LogP contribution in [-0.2, 0) is 23.2 Å². The second-order valence-corrected chi connectivity index (χ2v) is 11.1. The number of fused-ring (bicyclic) bond motifs is 4. The second kappa shape index (κ2) is 7.68. The molecule has 2 aliphatic carbocycles. The number of nitriles is 1. The lowest BCUT2D eigenvalue weighted by atomic mass is 9.70. The second-order valence-electron chi connectivity index (χ2n) is 11.1. The Hall–Kier alpha value is -2.22. The van der Waals surface area contributed by atoms with Gasteiger partial charge in [-0.2, -0.15) is 5.26 Å². The van der Waals surface area contributed by atoms with E-state index in [2.05, 4.69) is 45.9 Å². The van der Waals surface area contributed by atoms with Crippen LogP contribution in [0.5, 0.6) is 0 Å². The van der Waals surface area contributed by atoms with Crippen molar-refractivity contribution in [2.75, 3.05) is 0 Å². The van der Waals surface area contributed by atoms with Crippen LogP contribution in [0.3, 0.4) is 0 Å². The number of rotatable bonds is 3. The van der Waals surface area contributed by atoms with Gasteiger partial charge in [-0.25, -0.2) is 0 Å². The van der Waals surface area contributed by atoms with Gasteiger partial charge in [0.15, 0.2) is 0 Å². The van der Waals surface area contributed by atoms with Crippen molar-refractivity contribution < 1.29 is 9.84 Å². The molecule has 1 aliphatic heterocycles. The van der Waals surface area contributed by atoms with Crippen LogP contribution in [0.1, 0.15) is 117 Å². The van der Waals surface area contributed by atoms with Gasteiger partial charge in [-0.05, 0) is 53.7 Å². The maximum Gasteiger partial charge on any atom is 0.111 e. The monoisotopic (exact) mass is 430 g/mol. The zero-order chi connectivity index (χ0) is 22.7. The number of benzene rings is 1. The van der Waals surface area contributed by atoms with E-state index in [9.17, 15) is 5.11 Å². The zero-order valence-corrected chi connectivity index (χ0v) is 19.7. The lowest BCUT2D eigenvalue weighted by Gasteiger charge is -2.38. The molecule has 1 saturated carbocycles. The Kier molecular flexibility index (Phi) is 5.19. The van der Waals surface area contributed by atoms with E-state index in [0.29, 0.717) is 6.42 Å². The van der Waals surface area contributed by atoms with E-state index in [1.807, 2.05) is 12.1 Å². The molecule has 1 fully saturated rings. The Morgan fingerprint density at radius 1 is 1.16 bits per heavy atom. The summed E-state index contributed by atoms with van der Waals surface area (Å²) in [4.78, 5) is 5.22. The van der Waals surface area contributed by atoms with E-state index in [1.165, 1.54) is 11.1 Å². The molecular weight excluding hydrogens is 396 g/mol. The van der Waals surface area contributed by atoms with Gasteiger partial charge in [-0.1, -0.05) is 64.8 Å². The molecular formula is C28H34N2O2. The lowest BCUT2D eigenvalue weighted by Crippen LogP contribution is -2.32. The first kappa shape index (κ1) is 21.6. The van der Waals surface area contributed by atoms with Crippen molar-refractivity contribution in [2.45, 2.75) is 96.4 Å². The molecule has 3 aliphatic rings. The number of hydrogen-bond donors (Lipinski definition) is 1. The summed E-state index contributed by atoms with van der Waals surface area (Å²) in [7, 11) is 0. The smallest absolute Gasteiger partial charge is 0.111 e. The Balaban J connectivity index is 1.74. The maximum atomic E-state index is 11.4. The zero-order valence-electron chi connectivity index (χ0n) is 19.7. The Morgan fingerprint density at radius 2 is 1.84 bits per heavy atom. The molecule has 2 unspecified atom stereocenters. The number of pyridine rings is 1. The highest BCUT2D eigenvalue weighted by Gasteiger charge is 2.52. The fourth-order valence-corrected chi connectivity index (χ4v) is 6.32. The van der Waals surface area contributed by atoms with Gasteiger partial charge in [0.2, 0.25) is 0 Å². The molecule has 2 heterocycles. The van der Waals surface area contributed by atoms with Crippen LogP contribution in [-0.4, -0.2) is 10.1 Å². The highest BCUT2D eigenvalue weighted by atomic mass is 16.5. The Labute approximate surface area is 191 Å². The van der Waals surface area contributed by atoms with Crippen molar-refractivity contribution in [1.82, 2.24) is 4.98 Å². The summed E-state index contributed by atoms with van der Waals surface area (Å²) in [6.45, 7) is 8.89. The van der Waals surface area contributed by atoms with Crippen LogP contribution < -0.4 is 0 Å². The predicted octanol–water partition coefficient (Wildman–Crippen LogP) is 6.17. The van der Waals surface area contributed by atoms with Gasteiger partial charge in [-0.3, -0.25) is 4.98 Å². The first-order valence-corrected chi connectivity index (χ1v) is 12.1. The molecule has 4 heteroatoms. The minimum atomic E-state index is -0.492. The van der Waals surface area contributed by atoms with Crippen molar-refractivity contribution in [3.63, 3.8) is 0 Å². The standard InChI is InChI=1S/C28H34N2O2/c1-17(2)25-23-24(22-20(30-25)15-27(3,4)16-21(22)31)28(12-5-6-13-28)32-26(23)19-9-7-18(8-10-19)11-14-29/h7-10,17,21,26,31H,5-6,11-13,15-16H2,1-4H3. The van der Waals surface area contributed by atoms with Crippen molar-refractivity contribution in [2.24, 2.45) is 5.41 Å². The largest absolute Gasteiger partial charge is 0.388 e. The number of nitrogens with zero attached hydrogens (tertiary/aromatic N) is 2. The Bertz CT molecular complexity index is 1070. The third-order valence-electron chi connectivity index (χ3n) is 7.69. The van der Waals surface area contributed by atoms with Gasteiger partial charge in [0.1, 0.15) is 6.10 Å². The average Bonchev–Trinajstić information content (AvgIpc) is 3.33. The Morgan fingerprint density at radius 3 is 2.47 bits per heavy atom. The van der Waals surface area contributed by atoms with E-state index < -0.39 is 6.10 Å². The first-order valence-electron chi connectivity index (χ1n) is 12.1. The van der Waals surface area contributed by atoms with E-state index >= 15 is 0 Å². The van der Waals surface area contributed by atoms with Gasteiger partial charge in [0.05, 0.1) is 24.2 Å². The van der Waals surface area contributed by atoms with E-state index in [1.54, 1.807) is 0 Å². The summed E-state index contributed by atoms with van der Waals surface area (Å²) in [5, 5.41) is 20.4. The highest BCUT2D eigenvalue weighted by Crippen LogP contribution is 2.59. The van der Waals surface area contributed by atoms with Crippen LogP contribution >= 0.6 is 0 Å². The molecule has 2 aromatic rings. The van der Waals surface area contributed by atoms with Gasteiger partial charge in [-0.15, -0.1) is 0 Å². The summed E-state index contributed by atoms with van der Waals surface area (Å²) in [5.41, 5.74) is 7.60.